The van der Waals surface area contributed by atoms with Crippen LogP contribution in [0.1, 0.15) is 31.1 Å². The van der Waals surface area contributed by atoms with E-state index >= 15 is 0 Å². The first-order valence-electron chi connectivity index (χ1n) is 6.58. The minimum absolute atomic E-state index is 0. The molecule has 0 aromatic heterocycles. The topological polar surface area (TPSA) is 121 Å². The number of hydrogen-bond acceptors (Lipinski definition) is 7. The van der Waals surface area contributed by atoms with Gasteiger partial charge in [0, 0.05) is 0 Å². The van der Waals surface area contributed by atoms with Crippen LogP contribution in [0.15, 0.2) is 23.1 Å². The van der Waals surface area contributed by atoms with Gasteiger partial charge in [0.05, 0.1) is 16.1 Å². The molecule has 0 bridgehead atoms. The van der Waals surface area contributed by atoms with Gasteiger partial charge in [-0.15, -0.1) is 0 Å². The van der Waals surface area contributed by atoms with E-state index in [4.69, 9.17) is 4.74 Å². The molecule has 24 heavy (non-hydrogen) atoms. The number of fused-ring (bicyclic) bond motifs is 1. The monoisotopic (exact) mass is 363 g/mol. The standard InChI is InChI=1S/C14H15NO7S.Na/c1-14(2,3)22-11(16)7-15-10-5-4-8(23(19,20)21)6-9(10)12(17)13(15)18;/h4-6H,7H2,1-3H3,(H,19,20,21);/q;+1/p-1. The number of ketones is 1. The van der Waals surface area contributed by atoms with Crippen molar-refractivity contribution in [1.82, 2.24) is 0 Å². The molecule has 124 valence electrons. The Hall–Kier alpha value is -1.26. The summed E-state index contributed by atoms with van der Waals surface area (Å²) >= 11 is 0. The molecule has 2 rings (SSSR count). The number of Topliss-reactive ketones (excluding diaryl/α,β-unsaturated/α-hetero) is 1. The second kappa shape index (κ2) is 6.93. The van der Waals surface area contributed by atoms with Gasteiger partial charge in [-0.1, -0.05) is 0 Å². The van der Waals surface area contributed by atoms with E-state index in [9.17, 15) is 27.4 Å². The summed E-state index contributed by atoms with van der Waals surface area (Å²) in [6.07, 6.45) is 0. The molecule has 1 aromatic rings. The minimum atomic E-state index is -4.75. The van der Waals surface area contributed by atoms with Gasteiger partial charge in [0.15, 0.2) is 0 Å². The average molecular weight is 363 g/mol. The maximum absolute atomic E-state index is 12.0. The van der Waals surface area contributed by atoms with Crippen LogP contribution in [0.2, 0.25) is 0 Å². The fraction of sp³-hybridized carbons (Fsp3) is 0.357. The van der Waals surface area contributed by atoms with Gasteiger partial charge >= 0.3 is 35.5 Å². The van der Waals surface area contributed by atoms with Crippen LogP contribution in [-0.2, 0) is 24.4 Å². The van der Waals surface area contributed by atoms with Crippen molar-refractivity contribution in [2.24, 2.45) is 0 Å². The number of nitrogens with zero attached hydrogens (tertiary/aromatic N) is 1. The van der Waals surface area contributed by atoms with E-state index in [1.54, 1.807) is 20.8 Å². The van der Waals surface area contributed by atoms with E-state index in [1.165, 1.54) is 0 Å². The number of carbonyl (C=O) groups excluding carboxylic acids is 3. The SMILES string of the molecule is CC(C)(C)OC(=O)CN1C(=O)C(=O)c2cc(S(=O)(=O)[O-])ccc21.[Na+]. The van der Waals surface area contributed by atoms with Crippen molar-refractivity contribution in [3.8, 4) is 0 Å². The first-order valence-corrected chi connectivity index (χ1v) is 7.99. The molecule has 8 nitrogen and oxygen atoms in total. The second-order valence-corrected chi connectivity index (χ2v) is 7.32. The van der Waals surface area contributed by atoms with Crippen molar-refractivity contribution < 1.29 is 61.6 Å². The van der Waals surface area contributed by atoms with Gasteiger partial charge in [0.25, 0.3) is 11.7 Å². The number of hydrogen-bond donors (Lipinski definition) is 0. The van der Waals surface area contributed by atoms with E-state index in [1.807, 2.05) is 0 Å². The quantitative estimate of drug-likeness (QED) is 0.251. The van der Waals surface area contributed by atoms with Crippen LogP contribution in [0.25, 0.3) is 0 Å². The average Bonchev–Trinajstić information content (AvgIpc) is 2.60. The molecule has 0 spiro atoms. The molecule has 1 aliphatic heterocycles. The summed E-state index contributed by atoms with van der Waals surface area (Å²) < 4.78 is 38.1. The van der Waals surface area contributed by atoms with Gasteiger partial charge < -0.3 is 9.29 Å². The molecule has 1 amide bonds. The molecule has 0 N–H and O–H groups in total. The van der Waals surface area contributed by atoms with Crippen LogP contribution >= 0.6 is 0 Å². The molecule has 1 heterocycles. The van der Waals surface area contributed by atoms with Crippen LogP contribution < -0.4 is 34.5 Å². The fourth-order valence-corrected chi connectivity index (χ4v) is 2.59. The smallest absolute Gasteiger partial charge is 0.744 e. The van der Waals surface area contributed by atoms with Gasteiger partial charge in [-0.2, -0.15) is 0 Å². The Morgan fingerprint density at radius 2 is 1.83 bits per heavy atom. The van der Waals surface area contributed by atoms with Crippen molar-refractivity contribution in [3.05, 3.63) is 23.8 Å². The summed E-state index contributed by atoms with van der Waals surface area (Å²) in [4.78, 5) is 36.0. The van der Waals surface area contributed by atoms with E-state index in [-0.39, 0.29) is 40.8 Å². The summed E-state index contributed by atoms with van der Waals surface area (Å²) in [6.45, 7) is 4.47. The predicted octanol–water partition coefficient (Wildman–Crippen LogP) is -2.53. The Morgan fingerprint density at radius 1 is 1.25 bits per heavy atom. The number of anilines is 1. The van der Waals surface area contributed by atoms with Crippen molar-refractivity contribution in [1.29, 1.82) is 0 Å². The third-order valence-electron chi connectivity index (χ3n) is 2.94. The van der Waals surface area contributed by atoms with Crippen molar-refractivity contribution >= 4 is 33.5 Å². The predicted molar refractivity (Wildman–Crippen MR) is 76.9 cm³/mol. The Bertz CT molecular complexity index is 811. The third kappa shape index (κ3) is 4.42. The summed E-state index contributed by atoms with van der Waals surface area (Å²) in [5.41, 5.74) is -0.915. The normalized spacial score (nSPS) is 14.2. The summed E-state index contributed by atoms with van der Waals surface area (Å²) in [6, 6.07) is 2.97. The van der Waals surface area contributed by atoms with Gasteiger partial charge in [-0.3, -0.25) is 19.3 Å². The summed E-state index contributed by atoms with van der Waals surface area (Å²) in [5, 5.41) is 0. The van der Waals surface area contributed by atoms with E-state index < -0.39 is 44.8 Å². The number of esters is 1. The van der Waals surface area contributed by atoms with E-state index in [0.717, 1.165) is 23.1 Å². The molecule has 1 aliphatic rings. The molecule has 1 aromatic carbocycles. The maximum atomic E-state index is 12.0. The number of benzene rings is 1. The summed E-state index contributed by atoms with van der Waals surface area (Å²) in [5.74, 6) is -2.67. The molecule has 0 saturated carbocycles. The minimum Gasteiger partial charge on any atom is -0.744 e. The Kier molecular flexibility index (Phi) is 6.00. The Morgan fingerprint density at radius 3 is 2.33 bits per heavy atom. The van der Waals surface area contributed by atoms with Crippen LogP contribution in [0.3, 0.4) is 0 Å². The van der Waals surface area contributed by atoms with Gasteiger partial charge in [0.2, 0.25) is 0 Å². The molecule has 0 aliphatic carbocycles. The van der Waals surface area contributed by atoms with Gasteiger partial charge in [-0.25, -0.2) is 8.42 Å². The fourth-order valence-electron chi connectivity index (χ4n) is 2.09. The van der Waals surface area contributed by atoms with Crippen molar-refractivity contribution in [2.45, 2.75) is 31.3 Å². The molecular weight excluding hydrogens is 349 g/mol. The van der Waals surface area contributed by atoms with Crippen LogP contribution in [0.4, 0.5) is 5.69 Å². The first-order chi connectivity index (χ1) is 10.4. The molecule has 0 fully saturated rings. The Labute approximate surface area is 161 Å². The molecule has 0 radical (unpaired) electrons. The van der Waals surface area contributed by atoms with Crippen molar-refractivity contribution in [2.75, 3.05) is 11.4 Å². The zero-order valence-corrected chi connectivity index (χ0v) is 16.5. The number of amides is 1. The third-order valence-corrected chi connectivity index (χ3v) is 3.77. The van der Waals surface area contributed by atoms with Gasteiger partial charge in [-0.05, 0) is 39.0 Å². The first kappa shape index (κ1) is 20.8. The van der Waals surface area contributed by atoms with Crippen LogP contribution in [-0.4, -0.2) is 42.8 Å². The molecular formula is C14H14NNaO7S. The van der Waals surface area contributed by atoms with E-state index in [2.05, 4.69) is 0 Å². The maximum Gasteiger partial charge on any atom is 1.00 e. The van der Waals surface area contributed by atoms with E-state index in [0.29, 0.717) is 0 Å². The Balaban J connectivity index is 0.00000288. The van der Waals surface area contributed by atoms with Crippen molar-refractivity contribution in [3.63, 3.8) is 0 Å². The molecule has 0 unspecified atom stereocenters. The number of rotatable bonds is 3. The molecule has 0 atom stereocenters. The largest absolute Gasteiger partial charge is 1.00 e. The zero-order chi connectivity index (χ0) is 17.6. The number of ether oxygens (including phenoxy) is 1. The number of carbonyl (C=O) groups is 3. The zero-order valence-electron chi connectivity index (χ0n) is 13.7. The molecule has 0 saturated heterocycles. The van der Waals surface area contributed by atoms with Crippen LogP contribution in [0, 0.1) is 0 Å². The molecule has 10 heteroatoms. The second-order valence-electron chi connectivity index (χ2n) is 5.94. The summed E-state index contributed by atoms with van der Waals surface area (Å²) in [7, 11) is -4.75. The van der Waals surface area contributed by atoms with Gasteiger partial charge in [0.1, 0.15) is 22.3 Å². The van der Waals surface area contributed by atoms with Crippen LogP contribution in [0.5, 0.6) is 0 Å².